The van der Waals surface area contributed by atoms with E-state index in [-0.39, 0.29) is 11.7 Å². The van der Waals surface area contributed by atoms with Crippen LogP contribution < -0.4 is 16.4 Å². The summed E-state index contributed by atoms with van der Waals surface area (Å²) in [5.74, 6) is -0.0339. The second-order valence-corrected chi connectivity index (χ2v) is 6.00. The average molecular weight is 358 g/mol. The molecule has 3 aromatic rings. The normalized spacial score (nSPS) is 10.6. The fourth-order valence-corrected chi connectivity index (χ4v) is 2.69. The standard InChI is InChI=1S/C18H16ClN3O3/c1-10-14-8-12(19)4-7-15(14)25-16(10)17(23)21-9-11-2-5-13(6-3-11)22-18(20)24/h2-8H,9H2,1H3,(H,21,23)(H3,20,22,24). The molecule has 0 aliphatic carbocycles. The molecular weight excluding hydrogens is 342 g/mol. The zero-order valence-corrected chi connectivity index (χ0v) is 14.2. The van der Waals surface area contributed by atoms with Gasteiger partial charge >= 0.3 is 6.03 Å². The minimum atomic E-state index is -0.624. The first-order valence-corrected chi connectivity index (χ1v) is 7.94. The zero-order chi connectivity index (χ0) is 18.0. The van der Waals surface area contributed by atoms with Crippen LogP contribution in [0.1, 0.15) is 21.7 Å². The van der Waals surface area contributed by atoms with Crippen LogP contribution in [0, 0.1) is 6.92 Å². The van der Waals surface area contributed by atoms with Gasteiger partial charge in [-0.25, -0.2) is 4.79 Å². The van der Waals surface area contributed by atoms with Gasteiger partial charge in [0.15, 0.2) is 5.76 Å². The first-order chi connectivity index (χ1) is 11.9. The first-order valence-electron chi connectivity index (χ1n) is 7.56. The lowest BCUT2D eigenvalue weighted by Gasteiger charge is -2.06. The van der Waals surface area contributed by atoms with Crippen LogP contribution in [0.2, 0.25) is 5.02 Å². The summed E-state index contributed by atoms with van der Waals surface area (Å²) in [6.07, 6.45) is 0. The number of aryl methyl sites for hydroxylation is 1. The highest BCUT2D eigenvalue weighted by atomic mass is 35.5. The predicted octanol–water partition coefficient (Wildman–Crippen LogP) is 3.82. The van der Waals surface area contributed by atoms with Gasteiger partial charge in [0.05, 0.1) is 0 Å². The Morgan fingerprint density at radius 1 is 1.16 bits per heavy atom. The van der Waals surface area contributed by atoms with Crippen LogP contribution in [0.3, 0.4) is 0 Å². The lowest BCUT2D eigenvalue weighted by atomic mass is 10.1. The zero-order valence-electron chi connectivity index (χ0n) is 13.4. The van der Waals surface area contributed by atoms with Crippen molar-refractivity contribution in [2.24, 2.45) is 5.73 Å². The van der Waals surface area contributed by atoms with Crippen molar-refractivity contribution in [1.82, 2.24) is 5.32 Å². The maximum absolute atomic E-state index is 12.4. The van der Waals surface area contributed by atoms with Crippen LogP contribution in [-0.2, 0) is 6.54 Å². The van der Waals surface area contributed by atoms with Crippen LogP contribution in [0.25, 0.3) is 11.0 Å². The molecule has 0 unspecified atom stereocenters. The number of halogens is 1. The van der Waals surface area contributed by atoms with E-state index in [1.54, 1.807) is 42.5 Å². The van der Waals surface area contributed by atoms with Crippen molar-refractivity contribution in [2.75, 3.05) is 5.32 Å². The molecule has 7 heteroatoms. The molecule has 1 heterocycles. The van der Waals surface area contributed by atoms with Gasteiger partial charge in [-0.05, 0) is 42.8 Å². The molecule has 6 nitrogen and oxygen atoms in total. The van der Waals surface area contributed by atoms with Crippen LogP contribution in [-0.4, -0.2) is 11.9 Å². The molecule has 0 fully saturated rings. The minimum absolute atomic E-state index is 0.268. The van der Waals surface area contributed by atoms with E-state index < -0.39 is 6.03 Å². The van der Waals surface area contributed by atoms with Crippen LogP contribution in [0.5, 0.6) is 0 Å². The number of rotatable bonds is 4. The molecule has 0 saturated heterocycles. The Labute approximate surface area is 148 Å². The number of nitrogens with two attached hydrogens (primary N) is 1. The number of urea groups is 1. The quantitative estimate of drug-likeness (QED) is 0.662. The van der Waals surface area contributed by atoms with E-state index in [1.807, 2.05) is 6.92 Å². The molecule has 0 saturated carbocycles. The summed E-state index contributed by atoms with van der Waals surface area (Å²) in [6.45, 7) is 2.15. The Kier molecular flexibility index (Phi) is 4.63. The van der Waals surface area contributed by atoms with Gasteiger partial charge in [0.25, 0.3) is 5.91 Å². The van der Waals surface area contributed by atoms with E-state index in [9.17, 15) is 9.59 Å². The number of fused-ring (bicyclic) bond motifs is 1. The molecule has 2 aromatic carbocycles. The number of nitrogens with one attached hydrogen (secondary N) is 2. The van der Waals surface area contributed by atoms with Gasteiger partial charge in [-0.3, -0.25) is 4.79 Å². The Hall–Kier alpha value is -2.99. The summed E-state index contributed by atoms with van der Waals surface area (Å²) in [6, 6.07) is 11.6. The van der Waals surface area contributed by atoms with Crippen molar-refractivity contribution >= 4 is 40.2 Å². The number of benzene rings is 2. The van der Waals surface area contributed by atoms with Crippen molar-refractivity contribution in [2.45, 2.75) is 13.5 Å². The van der Waals surface area contributed by atoms with Crippen LogP contribution in [0.4, 0.5) is 10.5 Å². The molecule has 25 heavy (non-hydrogen) atoms. The van der Waals surface area contributed by atoms with Gasteiger partial charge in [-0.15, -0.1) is 0 Å². The number of hydrogen-bond acceptors (Lipinski definition) is 3. The molecule has 0 aliphatic rings. The molecular formula is C18H16ClN3O3. The first kappa shape index (κ1) is 16.9. The van der Waals surface area contributed by atoms with E-state index >= 15 is 0 Å². The molecule has 1 aromatic heterocycles. The van der Waals surface area contributed by atoms with Gasteiger partial charge in [-0.2, -0.15) is 0 Å². The Morgan fingerprint density at radius 2 is 1.88 bits per heavy atom. The van der Waals surface area contributed by atoms with Gasteiger partial charge in [0.1, 0.15) is 5.58 Å². The highest BCUT2D eigenvalue weighted by molar-refractivity contribution is 6.31. The number of furan rings is 1. The fraction of sp³-hybridized carbons (Fsp3) is 0.111. The summed E-state index contributed by atoms with van der Waals surface area (Å²) in [4.78, 5) is 23.2. The van der Waals surface area contributed by atoms with E-state index in [0.717, 1.165) is 16.5 Å². The van der Waals surface area contributed by atoms with Gasteiger partial charge in [0, 0.05) is 28.2 Å². The Bertz CT molecular complexity index is 948. The van der Waals surface area contributed by atoms with Crippen molar-refractivity contribution in [3.8, 4) is 0 Å². The van der Waals surface area contributed by atoms with Crippen molar-refractivity contribution < 1.29 is 14.0 Å². The number of carbonyl (C=O) groups excluding carboxylic acids is 2. The fourth-order valence-electron chi connectivity index (χ4n) is 2.52. The van der Waals surface area contributed by atoms with Crippen molar-refractivity contribution in [1.29, 1.82) is 0 Å². The third-order valence-electron chi connectivity index (χ3n) is 3.78. The van der Waals surface area contributed by atoms with E-state index in [2.05, 4.69) is 10.6 Å². The van der Waals surface area contributed by atoms with Crippen LogP contribution >= 0.6 is 11.6 Å². The Balaban J connectivity index is 1.70. The molecule has 3 rings (SSSR count). The molecule has 128 valence electrons. The average Bonchev–Trinajstić information content (AvgIpc) is 2.90. The highest BCUT2D eigenvalue weighted by Crippen LogP contribution is 2.27. The molecule has 0 spiro atoms. The number of anilines is 1. The van der Waals surface area contributed by atoms with Gasteiger partial charge < -0.3 is 20.8 Å². The summed E-state index contributed by atoms with van der Waals surface area (Å²) in [7, 11) is 0. The van der Waals surface area contributed by atoms with Crippen LogP contribution in [0.15, 0.2) is 46.9 Å². The molecule has 4 N–H and O–H groups in total. The van der Waals surface area contributed by atoms with E-state index in [0.29, 0.717) is 22.8 Å². The summed E-state index contributed by atoms with van der Waals surface area (Å²) in [5.41, 5.74) is 7.89. The summed E-state index contributed by atoms with van der Waals surface area (Å²) >= 11 is 5.99. The van der Waals surface area contributed by atoms with Gasteiger partial charge in [0.2, 0.25) is 0 Å². The molecule has 0 atom stereocenters. The monoisotopic (exact) mass is 357 g/mol. The lowest BCUT2D eigenvalue weighted by molar-refractivity contribution is 0.0924. The van der Waals surface area contributed by atoms with E-state index in [1.165, 1.54) is 0 Å². The minimum Gasteiger partial charge on any atom is -0.451 e. The maximum Gasteiger partial charge on any atom is 0.316 e. The second kappa shape index (κ2) is 6.86. The summed E-state index contributed by atoms with van der Waals surface area (Å²) < 4.78 is 5.63. The topological polar surface area (TPSA) is 97.4 Å². The number of carbonyl (C=O) groups is 2. The summed E-state index contributed by atoms with van der Waals surface area (Å²) in [5, 5.41) is 6.70. The molecule has 3 amide bonds. The number of hydrogen-bond donors (Lipinski definition) is 3. The maximum atomic E-state index is 12.4. The third kappa shape index (κ3) is 3.75. The lowest BCUT2D eigenvalue weighted by Crippen LogP contribution is -2.23. The third-order valence-corrected chi connectivity index (χ3v) is 4.01. The largest absolute Gasteiger partial charge is 0.451 e. The smallest absolute Gasteiger partial charge is 0.316 e. The molecule has 0 aliphatic heterocycles. The number of primary amides is 1. The van der Waals surface area contributed by atoms with Crippen molar-refractivity contribution in [3.05, 3.63) is 64.4 Å². The predicted molar refractivity (Wildman–Crippen MR) is 96.8 cm³/mol. The number of amides is 3. The van der Waals surface area contributed by atoms with E-state index in [4.69, 9.17) is 21.8 Å². The van der Waals surface area contributed by atoms with Gasteiger partial charge in [-0.1, -0.05) is 23.7 Å². The van der Waals surface area contributed by atoms with Crippen molar-refractivity contribution in [3.63, 3.8) is 0 Å². The SMILES string of the molecule is Cc1c(C(=O)NCc2ccc(NC(N)=O)cc2)oc2ccc(Cl)cc12. The Morgan fingerprint density at radius 3 is 2.56 bits per heavy atom. The second-order valence-electron chi connectivity index (χ2n) is 5.57. The molecule has 0 radical (unpaired) electrons. The highest BCUT2D eigenvalue weighted by Gasteiger charge is 2.17. The molecule has 0 bridgehead atoms.